The molecule has 29 heavy (non-hydrogen) atoms. The number of fused-ring (bicyclic) bond motifs is 2. The molecule has 0 radical (unpaired) electrons. The number of thioether (sulfide) groups is 1. The van der Waals surface area contributed by atoms with Crippen LogP contribution in [0.2, 0.25) is 5.02 Å². The third-order valence-corrected chi connectivity index (χ3v) is 8.20. The molecule has 0 amide bonds. The van der Waals surface area contributed by atoms with Crippen LogP contribution in [0.1, 0.15) is 5.56 Å². The smallest absolute Gasteiger partial charge is 0.231 e. The minimum absolute atomic E-state index is 0.0171. The van der Waals surface area contributed by atoms with Crippen LogP contribution in [-0.4, -0.2) is 44.0 Å². The summed E-state index contributed by atoms with van der Waals surface area (Å²) < 4.78 is 49.3. The number of nitrogens with zero attached hydrogens (tertiary/aromatic N) is 2. The molecule has 10 heteroatoms. The van der Waals surface area contributed by atoms with Crippen LogP contribution in [0.25, 0.3) is 0 Å². The lowest BCUT2D eigenvalue weighted by molar-refractivity contribution is 0.174. The second-order valence-corrected chi connectivity index (χ2v) is 10.5. The molecule has 3 aliphatic rings. The van der Waals surface area contributed by atoms with Gasteiger partial charge in [-0.2, -0.15) is 0 Å². The highest BCUT2D eigenvalue weighted by molar-refractivity contribution is 8.13. The number of halogens is 2. The first-order valence-electron chi connectivity index (χ1n) is 8.94. The van der Waals surface area contributed by atoms with Gasteiger partial charge in [-0.05, 0) is 24.3 Å². The van der Waals surface area contributed by atoms with Crippen molar-refractivity contribution >= 4 is 44.1 Å². The SMILES string of the molecule is O=S1(=O)CC2N=C(SCc3c(F)cccc3Cl)N(c3ccc4c(c3)OCO4)C2C1. The molecule has 0 bridgehead atoms. The number of aliphatic imine (C=N–C) groups is 1. The monoisotopic (exact) mass is 454 g/mol. The minimum atomic E-state index is -3.16. The summed E-state index contributed by atoms with van der Waals surface area (Å²) in [4.78, 5) is 6.57. The fourth-order valence-corrected chi connectivity index (χ4v) is 7.09. The number of amidine groups is 1. The van der Waals surface area contributed by atoms with Crippen molar-refractivity contribution in [2.75, 3.05) is 23.2 Å². The summed E-state index contributed by atoms with van der Waals surface area (Å²) in [6.07, 6.45) is 0. The van der Waals surface area contributed by atoms with Crippen LogP contribution in [0.15, 0.2) is 41.4 Å². The van der Waals surface area contributed by atoms with Crippen molar-refractivity contribution in [2.24, 2.45) is 4.99 Å². The molecule has 3 aliphatic heterocycles. The molecule has 0 aliphatic carbocycles. The fourth-order valence-electron chi connectivity index (χ4n) is 3.78. The third-order valence-electron chi connectivity index (χ3n) is 5.15. The van der Waals surface area contributed by atoms with Crippen molar-refractivity contribution in [3.05, 3.63) is 52.8 Å². The first-order chi connectivity index (χ1) is 13.9. The van der Waals surface area contributed by atoms with Crippen LogP contribution in [0.5, 0.6) is 11.5 Å². The van der Waals surface area contributed by atoms with Crippen molar-refractivity contribution in [1.29, 1.82) is 0 Å². The predicted octanol–water partition coefficient (Wildman–Crippen LogP) is 3.48. The maximum absolute atomic E-state index is 14.2. The van der Waals surface area contributed by atoms with Gasteiger partial charge in [0.15, 0.2) is 26.5 Å². The Morgan fingerprint density at radius 1 is 1.21 bits per heavy atom. The van der Waals surface area contributed by atoms with Crippen LogP contribution in [0.3, 0.4) is 0 Å². The Balaban J connectivity index is 1.47. The number of benzene rings is 2. The lowest BCUT2D eigenvalue weighted by Crippen LogP contribution is -2.39. The van der Waals surface area contributed by atoms with Crippen molar-refractivity contribution in [1.82, 2.24) is 0 Å². The maximum atomic E-state index is 14.2. The van der Waals surface area contributed by atoms with E-state index in [1.54, 1.807) is 18.2 Å². The Morgan fingerprint density at radius 3 is 2.86 bits per heavy atom. The summed E-state index contributed by atoms with van der Waals surface area (Å²) >= 11 is 7.49. The Hall–Kier alpha value is -1.97. The van der Waals surface area contributed by atoms with Crippen molar-refractivity contribution in [3.8, 4) is 11.5 Å². The van der Waals surface area contributed by atoms with Gasteiger partial charge in [-0.25, -0.2) is 12.8 Å². The van der Waals surface area contributed by atoms with E-state index < -0.39 is 9.84 Å². The topological polar surface area (TPSA) is 68.2 Å². The van der Waals surface area contributed by atoms with Gasteiger partial charge < -0.3 is 14.4 Å². The number of hydrogen-bond donors (Lipinski definition) is 0. The van der Waals surface area contributed by atoms with Crippen LogP contribution >= 0.6 is 23.4 Å². The Kier molecular flexibility index (Phi) is 4.64. The molecular weight excluding hydrogens is 439 g/mol. The van der Waals surface area contributed by atoms with E-state index in [0.717, 1.165) is 5.69 Å². The number of rotatable bonds is 3. The quantitative estimate of drug-likeness (QED) is 0.707. The average Bonchev–Trinajstić information content (AvgIpc) is 3.32. The number of hydrogen-bond acceptors (Lipinski definition) is 7. The van der Waals surface area contributed by atoms with Crippen LogP contribution < -0.4 is 14.4 Å². The normalized spacial score (nSPS) is 23.9. The summed E-state index contributed by atoms with van der Waals surface area (Å²) in [5, 5.41) is 1.00. The summed E-state index contributed by atoms with van der Waals surface area (Å²) in [5.41, 5.74) is 1.17. The van der Waals surface area contributed by atoms with Crippen LogP contribution in [0, 0.1) is 5.82 Å². The van der Waals surface area contributed by atoms with E-state index in [2.05, 4.69) is 4.99 Å². The number of ether oxygens (including phenoxy) is 2. The summed E-state index contributed by atoms with van der Waals surface area (Å²) in [6.45, 7) is 0.153. The zero-order valence-electron chi connectivity index (χ0n) is 15.0. The first-order valence-corrected chi connectivity index (χ1v) is 12.1. The van der Waals surface area contributed by atoms with E-state index in [0.29, 0.717) is 27.3 Å². The van der Waals surface area contributed by atoms with E-state index in [4.69, 9.17) is 21.1 Å². The summed E-state index contributed by atoms with van der Waals surface area (Å²) in [6, 6.07) is 9.41. The van der Waals surface area contributed by atoms with Gasteiger partial charge in [-0.15, -0.1) is 0 Å². The van der Waals surface area contributed by atoms with Crippen molar-refractivity contribution in [3.63, 3.8) is 0 Å². The van der Waals surface area contributed by atoms with Crippen LogP contribution in [-0.2, 0) is 15.6 Å². The standard InChI is InChI=1S/C19H16ClFN2O4S2/c20-13-2-1-3-14(21)12(13)7-28-19-22-15-8-29(24,25)9-16(15)23(19)11-4-5-17-18(6-11)27-10-26-17/h1-6,15-16H,7-10H2. The lowest BCUT2D eigenvalue weighted by atomic mass is 10.1. The molecule has 5 rings (SSSR count). The molecular formula is C19H16ClFN2O4S2. The summed E-state index contributed by atoms with van der Waals surface area (Å²) in [7, 11) is -3.16. The van der Waals surface area contributed by atoms with Gasteiger partial charge in [0.25, 0.3) is 0 Å². The van der Waals surface area contributed by atoms with Gasteiger partial charge in [0.1, 0.15) is 5.82 Å². The highest BCUT2D eigenvalue weighted by Crippen LogP contribution is 2.41. The molecule has 0 aromatic heterocycles. The number of sulfone groups is 1. The summed E-state index contributed by atoms with van der Waals surface area (Å²) in [5.74, 6) is 1.21. The zero-order valence-corrected chi connectivity index (χ0v) is 17.4. The fraction of sp³-hybridized carbons (Fsp3) is 0.316. The molecule has 2 unspecified atom stereocenters. The van der Waals surface area contributed by atoms with Gasteiger partial charge in [0, 0.05) is 28.1 Å². The van der Waals surface area contributed by atoms with Crippen LogP contribution in [0.4, 0.5) is 10.1 Å². The molecule has 0 N–H and O–H groups in total. The maximum Gasteiger partial charge on any atom is 0.231 e. The molecule has 1 saturated heterocycles. The molecule has 1 fully saturated rings. The second-order valence-electron chi connectivity index (χ2n) is 7.02. The Bertz CT molecular complexity index is 1100. The molecule has 2 aromatic rings. The van der Waals surface area contributed by atoms with Gasteiger partial charge >= 0.3 is 0 Å². The molecule has 6 nitrogen and oxygen atoms in total. The van der Waals surface area contributed by atoms with E-state index in [1.807, 2.05) is 17.0 Å². The van der Waals surface area contributed by atoms with E-state index in [1.165, 1.54) is 17.8 Å². The van der Waals surface area contributed by atoms with Gasteiger partial charge in [0.2, 0.25) is 6.79 Å². The first kappa shape index (κ1) is 19.0. The van der Waals surface area contributed by atoms with E-state index in [9.17, 15) is 12.8 Å². The molecule has 0 spiro atoms. The largest absolute Gasteiger partial charge is 0.454 e. The van der Waals surface area contributed by atoms with Crippen molar-refractivity contribution in [2.45, 2.75) is 17.8 Å². The Labute approximate surface area is 176 Å². The number of anilines is 1. The average molecular weight is 455 g/mol. The van der Waals surface area contributed by atoms with Gasteiger partial charge in [0.05, 0.1) is 23.6 Å². The molecule has 0 saturated carbocycles. The highest BCUT2D eigenvalue weighted by atomic mass is 35.5. The van der Waals surface area contributed by atoms with E-state index in [-0.39, 0.29) is 42.0 Å². The third kappa shape index (κ3) is 3.45. The predicted molar refractivity (Wildman–Crippen MR) is 111 cm³/mol. The van der Waals surface area contributed by atoms with E-state index >= 15 is 0 Å². The lowest BCUT2D eigenvalue weighted by Gasteiger charge is -2.26. The molecule has 3 heterocycles. The van der Waals surface area contributed by atoms with Gasteiger partial charge in [-0.1, -0.05) is 29.4 Å². The minimum Gasteiger partial charge on any atom is -0.454 e. The Morgan fingerprint density at radius 2 is 2.03 bits per heavy atom. The highest BCUT2D eigenvalue weighted by Gasteiger charge is 2.47. The molecule has 2 aromatic carbocycles. The van der Waals surface area contributed by atoms with Crippen molar-refractivity contribution < 1.29 is 22.3 Å². The molecule has 152 valence electrons. The second kappa shape index (κ2) is 7.07. The zero-order chi connectivity index (χ0) is 20.2. The van der Waals surface area contributed by atoms with Gasteiger partial charge in [-0.3, -0.25) is 4.99 Å². The molecule has 2 atom stereocenters.